The summed E-state index contributed by atoms with van der Waals surface area (Å²) in [5.74, 6) is -1.64. The van der Waals surface area contributed by atoms with Gasteiger partial charge in [0.05, 0.1) is 33.6 Å². The van der Waals surface area contributed by atoms with Crippen LogP contribution >= 0.6 is 11.3 Å². The minimum atomic E-state index is -4.81. The van der Waals surface area contributed by atoms with Gasteiger partial charge in [-0.25, -0.2) is 18.7 Å². The van der Waals surface area contributed by atoms with Crippen molar-refractivity contribution in [2.24, 2.45) is 5.92 Å². The Hall–Kier alpha value is -3.69. The lowest BCUT2D eigenvalue weighted by Gasteiger charge is -2.31. The molecule has 43 heavy (non-hydrogen) atoms. The first-order valence-corrected chi connectivity index (χ1v) is 14.2. The fourth-order valence-electron chi connectivity index (χ4n) is 5.21. The normalized spacial score (nSPS) is 21.4. The number of halogens is 5. The first-order valence-electron chi connectivity index (χ1n) is 13.4. The number of fused-ring (bicyclic) bond motifs is 1. The minimum absolute atomic E-state index is 0.0639. The second-order valence-corrected chi connectivity index (χ2v) is 11.6. The van der Waals surface area contributed by atoms with E-state index in [2.05, 4.69) is 30.3 Å². The fourth-order valence-corrected chi connectivity index (χ4v) is 6.42. The number of pyridine rings is 1. The number of nitrogens with zero attached hydrogens (tertiary/aromatic N) is 4. The molecule has 0 amide bonds. The molecular weight excluding hydrogens is 595 g/mol. The number of nitrogens with one attached hydrogen (secondary N) is 2. The SMILES string of the molecule is Cc1cc2sc(-c3c(C)nc(N[C@H](C)c4ccc(OC(F)(F)F)cc4)nc3N[C@@]3(O)CC[C@H](C(F)F)[C@H]3O)nc2c(C)n1. The van der Waals surface area contributed by atoms with Crippen molar-refractivity contribution in [2.75, 3.05) is 10.6 Å². The van der Waals surface area contributed by atoms with Crippen molar-refractivity contribution < 1.29 is 36.9 Å². The summed E-state index contributed by atoms with van der Waals surface area (Å²) in [5.41, 5.74) is 1.53. The molecule has 1 aliphatic carbocycles. The van der Waals surface area contributed by atoms with Gasteiger partial charge in [-0.2, -0.15) is 4.98 Å². The summed E-state index contributed by atoms with van der Waals surface area (Å²) in [5, 5.41) is 28.3. The first kappa shape index (κ1) is 30.8. The van der Waals surface area contributed by atoms with Crippen LogP contribution in [0.4, 0.5) is 33.7 Å². The number of thiazole rings is 1. The molecule has 1 aromatic carbocycles. The lowest BCUT2D eigenvalue weighted by molar-refractivity contribution is -0.274. The Morgan fingerprint density at radius 2 is 1.74 bits per heavy atom. The highest BCUT2D eigenvalue weighted by molar-refractivity contribution is 7.21. The molecular formula is C28H29F5N6O3S. The van der Waals surface area contributed by atoms with E-state index < -0.39 is 36.6 Å². The third kappa shape index (κ3) is 6.48. The summed E-state index contributed by atoms with van der Waals surface area (Å²) in [6.45, 7) is 7.13. The summed E-state index contributed by atoms with van der Waals surface area (Å²) in [6, 6.07) is 6.69. The van der Waals surface area contributed by atoms with Gasteiger partial charge in [0.1, 0.15) is 28.2 Å². The van der Waals surface area contributed by atoms with Crippen LogP contribution in [0.3, 0.4) is 0 Å². The van der Waals surface area contributed by atoms with Crippen molar-refractivity contribution >= 4 is 33.3 Å². The Morgan fingerprint density at radius 3 is 2.37 bits per heavy atom. The maximum absolute atomic E-state index is 13.5. The van der Waals surface area contributed by atoms with Crippen molar-refractivity contribution in [1.82, 2.24) is 19.9 Å². The van der Waals surface area contributed by atoms with Gasteiger partial charge in [-0.3, -0.25) is 4.98 Å². The molecule has 4 atom stereocenters. The zero-order valence-electron chi connectivity index (χ0n) is 23.5. The highest BCUT2D eigenvalue weighted by Gasteiger charge is 2.50. The summed E-state index contributed by atoms with van der Waals surface area (Å²) in [6.07, 6.45) is -9.67. The number of hydrogen-bond donors (Lipinski definition) is 4. The number of aliphatic hydroxyl groups is 2. The van der Waals surface area contributed by atoms with E-state index in [4.69, 9.17) is 4.98 Å². The standard InChI is InChI=1S/C28H29F5N6O3S/c1-12-11-19-21(15(4)34-12)37-25(43-19)20-14(3)36-26(35-13(2)16-5-7-17(8-6-16)42-28(31,32)33)38-24(20)39-27(41)10-9-18(22(27)40)23(29)30/h5-8,11,13,18,22-23,40-41H,9-10H2,1-4H3,(H2,35,36,38,39)/t13-,18+,22-,27-/m1/s1. The second-order valence-electron chi connectivity index (χ2n) is 10.6. The lowest BCUT2D eigenvalue weighted by Crippen LogP contribution is -2.48. The summed E-state index contributed by atoms with van der Waals surface area (Å²) < 4.78 is 69.5. The van der Waals surface area contributed by atoms with Crippen LogP contribution in [0.15, 0.2) is 30.3 Å². The molecule has 5 rings (SSSR count). The van der Waals surface area contributed by atoms with Crippen LogP contribution in [0.25, 0.3) is 20.8 Å². The average Bonchev–Trinajstić information content (AvgIpc) is 3.44. The molecule has 3 heterocycles. The first-order chi connectivity index (χ1) is 20.1. The molecule has 0 radical (unpaired) electrons. The molecule has 4 aromatic rings. The number of aliphatic hydroxyl groups excluding tert-OH is 1. The Labute approximate surface area is 247 Å². The number of ether oxygens (including phenoxy) is 1. The van der Waals surface area contributed by atoms with E-state index in [-0.39, 0.29) is 30.4 Å². The number of aryl methyl sites for hydroxylation is 3. The highest BCUT2D eigenvalue weighted by Crippen LogP contribution is 2.42. The van der Waals surface area contributed by atoms with Crippen LogP contribution in [0.5, 0.6) is 5.75 Å². The smallest absolute Gasteiger partial charge is 0.406 e. The van der Waals surface area contributed by atoms with E-state index in [0.29, 0.717) is 33.0 Å². The molecule has 1 saturated carbocycles. The van der Waals surface area contributed by atoms with Crippen LogP contribution in [0.2, 0.25) is 0 Å². The van der Waals surface area contributed by atoms with E-state index in [1.807, 2.05) is 19.9 Å². The van der Waals surface area contributed by atoms with E-state index >= 15 is 0 Å². The maximum atomic E-state index is 13.5. The molecule has 1 fully saturated rings. The van der Waals surface area contributed by atoms with Crippen LogP contribution in [0, 0.1) is 26.7 Å². The molecule has 0 spiro atoms. The van der Waals surface area contributed by atoms with Gasteiger partial charge in [0.2, 0.25) is 12.4 Å². The van der Waals surface area contributed by atoms with Gasteiger partial charge in [-0.15, -0.1) is 24.5 Å². The van der Waals surface area contributed by atoms with Crippen LogP contribution in [-0.2, 0) is 0 Å². The molecule has 15 heteroatoms. The number of aromatic nitrogens is 4. The van der Waals surface area contributed by atoms with Gasteiger partial charge >= 0.3 is 6.36 Å². The zero-order chi connectivity index (χ0) is 31.3. The van der Waals surface area contributed by atoms with E-state index in [1.165, 1.54) is 35.6 Å². The molecule has 3 aromatic heterocycles. The largest absolute Gasteiger partial charge is 0.573 e. The molecule has 0 bridgehead atoms. The van der Waals surface area contributed by atoms with Gasteiger partial charge in [0, 0.05) is 5.69 Å². The number of rotatable bonds is 8. The van der Waals surface area contributed by atoms with E-state index in [1.54, 1.807) is 13.8 Å². The topological polar surface area (TPSA) is 125 Å². The van der Waals surface area contributed by atoms with Crippen molar-refractivity contribution in [3.8, 4) is 16.3 Å². The van der Waals surface area contributed by atoms with Crippen molar-refractivity contribution in [1.29, 1.82) is 0 Å². The molecule has 4 N–H and O–H groups in total. The molecule has 1 aliphatic rings. The van der Waals surface area contributed by atoms with E-state index in [0.717, 1.165) is 10.4 Å². The van der Waals surface area contributed by atoms with E-state index in [9.17, 15) is 32.2 Å². The third-order valence-electron chi connectivity index (χ3n) is 7.36. The Bertz CT molecular complexity index is 1630. The number of alkyl halides is 5. The Balaban J connectivity index is 1.52. The maximum Gasteiger partial charge on any atom is 0.573 e. The lowest BCUT2D eigenvalue weighted by atomic mass is 10.0. The molecule has 0 aliphatic heterocycles. The van der Waals surface area contributed by atoms with Gasteiger partial charge in [0.25, 0.3) is 0 Å². The van der Waals surface area contributed by atoms with Crippen LogP contribution in [0.1, 0.15) is 48.5 Å². The predicted octanol–water partition coefficient (Wildman–Crippen LogP) is 6.28. The summed E-state index contributed by atoms with van der Waals surface area (Å²) in [7, 11) is 0. The Kier molecular flexibility index (Phi) is 8.17. The van der Waals surface area contributed by atoms with Crippen molar-refractivity contribution in [2.45, 2.75) is 71.2 Å². The number of benzene rings is 1. The number of anilines is 2. The summed E-state index contributed by atoms with van der Waals surface area (Å²) in [4.78, 5) is 18.3. The highest BCUT2D eigenvalue weighted by atomic mass is 32.1. The minimum Gasteiger partial charge on any atom is -0.406 e. The molecule has 9 nitrogen and oxygen atoms in total. The second kappa shape index (κ2) is 11.4. The average molecular weight is 625 g/mol. The quantitative estimate of drug-likeness (QED) is 0.132. The Morgan fingerprint density at radius 1 is 1.05 bits per heavy atom. The van der Waals surface area contributed by atoms with Gasteiger partial charge in [-0.1, -0.05) is 12.1 Å². The predicted molar refractivity (Wildman–Crippen MR) is 151 cm³/mol. The monoisotopic (exact) mass is 624 g/mol. The fraction of sp³-hybridized carbons (Fsp3) is 0.429. The summed E-state index contributed by atoms with van der Waals surface area (Å²) >= 11 is 1.34. The molecule has 0 unspecified atom stereocenters. The van der Waals surface area contributed by atoms with Gasteiger partial charge in [0.15, 0.2) is 5.72 Å². The zero-order valence-corrected chi connectivity index (χ0v) is 24.3. The van der Waals surface area contributed by atoms with Gasteiger partial charge < -0.3 is 25.6 Å². The third-order valence-corrected chi connectivity index (χ3v) is 8.38. The van der Waals surface area contributed by atoms with Gasteiger partial charge in [-0.05, 0) is 64.3 Å². The van der Waals surface area contributed by atoms with Crippen LogP contribution < -0.4 is 15.4 Å². The molecule has 0 saturated heterocycles. The number of hydrogen-bond acceptors (Lipinski definition) is 10. The van der Waals surface area contributed by atoms with Crippen molar-refractivity contribution in [3.05, 3.63) is 53.0 Å². The van der Waals surface area contributed by atoms with Crippen LogP contribution in [-0.4, -0.2) is 54.8 Å². The molecule has 230 valence electrons. The van der Waals surface area contributed by atoms with Crippen molar-refractivity contribution in [3.63, 3.8) is 0 Å².